The van der Waals surface area contributed by atoms with E-state index < -0.39 is 10.0 Å². The summed E-state index contributed by atoms with van der Waals surface area (Å²) in [7, 11) is -3.71. The van der Waals surface area contributed by atoms with Crippen molar-refractivity contribution in [3.05, 3.63) is 52.1 Å². The molecule has 148 valence electrons. The van der Waals surface area contributed by atoms with Crippen LogP contribution in [0.3, 0.4) is 0 Å². The Morgan fingerprint density at radius 1 is 1.07 bits per heavy atom. The van der Waals surface area contributed by atoms with Gasteiger partial charge in [-0.25, -0.2) is 12.8 Å². The molecule has 9 heteroatoms. The van der Waals surface area contributed by atoms with Gasteiger partial charge in [0, 0.05) is 42.0 Å². The fourth-order valence-electron chi connectivity index (χ4n) is 3.61. The summed E-state index contributed by atoms with van der Waals surface area (Å²) in [5, 5.41) is 3.72. The molecule has 6 nitrogen and oxygen atoms in total. The lowest BCUT2D eigenvalue weighted by molar-refractivity contribution is 0.383. The summed E-state index contributed by atoms with van der Waals surface area (Å²) in [6, 6.07) is 8.23. The number of hydrogen-bond donors (Lipinski definition) is 0. The van der Waals surface area contributed by atoms with E-state index in [2.05, 4.69) is 5.16 Å². The molecule has 4 rings (SSSR count). The minimum absolute atomic E-state index is 0.283. The Labute approximate surface area is 167 Å². The Morgan fingerprint density at radius 2 is 1.79 bits per heavy atom. The maximum absolute atomic E-state index is 14.0. The van der Waals surface area contributed by atoms with Gasteiger partial charge in [-0.05, 0) is 26.0 Å². The van der Waals surface area contributed by atoms with Gasteiger partial charge in [0.05, 0.1) is 17.4 Å². The smallest absolute Gasteiger partial charge is 0.245 e. The minimum Gasteiger partial charge on any atom is -0.367 e. The zero-order valence-electron chi connectivity index (χ0n) is 15.6. The van der Waals surface area contributed by atoms with Gasteiger partial charge in [-0.15, -0.1) is 11.3 Å². The first-order valence-electron chi connectivity index (χ1n) is 8.90. The molecular weight excluding hydrogens is 401 g/mol. The van der Waals surface area contributed by atoms with Crippen LogP contribution in [0.15, 0.2) is 45.9 Å². The molecule has 0 bridgehead atoms. The standard InChI is InChI=1S/C19H20FN3O3S2/c1-13-18(17-7-8-21-26-17)19(14(2)27-13)28(24,25)23-11-9-22(10-12-23)16-6-4-3-5-15(16)20/h3-8H,9-12H2,1-2H3. The maximum atomic E-state index is 14.0. The maximum Gasteiger partial charge on any atom is 0.245 e. The number of hydrogen-bond acceptors (Lipinski definition) is 6. The van der Waals surface area contributed by atoms with E-state index in [4.69, 9.17) is 4.52 Å². The molecule has 1 aliphatic rings. The fraction of sp³-hybridized carbons (Fsp3) is 0.316. The second kappa shape index (κ2) is 7.31. The molecule has 0 amide bonds. The average Bonchev–Trinajstić information content (AvgIpc) is 3.29. The van der Waals surface area contributed by atoms with Crippen LogP contribution in [0.25, 0.3) is 11.3 Å². The first-order chi connectivity index (χ1) is 13.4. The van der Waals surface area contributed by atoms with Crippen molar-refractivity contribution >= 4 is 27.0 Å². The molecule has 0 aliphatic carbocycles. The van der Waals surface area contributed by atoms with Gasteiger partial charge in [0.2, 0.25) is 10.0 Å². The number of aromatic nitrogens is 1. The number of para-hydroxylation sites is 1. The number of aryl methyl sites for hydroxylation is 2. The Hall–Kier alpha value is -2.23. The number of anilines is 1. The molecule has 0 saturated carbocycles. The Kier molecular flexibility index (Phi) is 4.98. The third-order valence-electron chi connectivity index (χ3n) is 4.92. The zero-order chi connectivity index (χ0) is 19.9. The van der Waals surface area contributed by atoms with Crippen molar-refractivity contribution in [1.82, 2.24) is 9.46 Å². The van der Waals surface area contributed by atoms with Crippen molar-refractivity contribution in [3.63, 3.8) is 0 Å². The number of nitrogens with zero attached hydrogens (tertiary/aromatic N) is 3. The first kappa shape index (κ1) is 19.1. The van der Waals surface area contributed by atoms with Gasteiger partial charge in [0.25, 0.3) is 0 Å². The number of piperazine rings is 1. The molecule has 28 heavy (non-hydrogen) atoms. The van der Waals surface area contributed by atoms with Gasteiger partial charge in [0.15, 0.2) is 5.76 Å². The minimum atomic E-state index is -3.71. The Morgan fingerprint density at radius 3 is 2.43 bits per heavy atom. The molecule has 3 aromatic rings. The lowest BCUT2D eigenvalue weighted by atomic mass is 10.2. The molecule has 2 aromatic heterocycles. The van der Waals surface area contributed by atoms with E-state index >= 15 is 0 Å². The number of sulfonamides is 1. The van der Waals surface area contributed by atoms with Crippen molar-refractivity contribution in [1.29, 1.82) is 0 Å². The highest BCUT2D eigenvalue weighted by Crippen LogP contribution is 2.40. The van der Waals surface area contributed by atoms with Crippen molar-refractivity contribution < 1.29 is 17.3 Å². The molecule has 0 atom stereocenters. The van der Waals surface area contributed by atoms with Gasteiger partial charge in [0.1, 0.15) is 10.7 Å². The highest BCUT2D eigenvalue weighted by Gasteiger charge is 2.35. The molecule has 1 fully saturated rings. The summed E-state index contributed by atoms with van der Waals surface area (Å²) in [6.45, 7) is 5.13. The summed E-state index contributed by atoms with van der Waals surface area (Å²) in [5.41, 5.74) is 1.08. The van der Waals surface area contributed by atoms with Crippen molar-refractivity contribution in [3.8, 4) is 11.3 Å². The second-order valence-electron chi connectivity index (χ2n) is 6.64. The van der Waals surface area contributed by atoms with Crippen molar-refractivity contribution in [2.75, 3.05) is 31.1 Å². The first-order valence-corrected chi connectivity index (χ1v) is 11.2. The SMILES string of the molecule is Cc1sc(C)c(S(=O)(=O)N2CCN(c3ccccc3F)CC2)c1-c1ccno1. The zero-order valence-corrected chi connectivity index (χ0v) is 17.2. The third-order valence-corrected chi connectivity index (χ3v) is 8.14. The number of rotatable bonds is 4. The van der Waals surface area contributed by atoms with Crippen LogP contribution in [0.4, 0.5) is 10.1 Å². The molecule has 3 heterocycles. The van der Waals surface area contributed by atoms with Gasteiger partial charge in [-0.1, -0.05) is 17.3 Å². The molecule has 0 N–H and O–H groups in total. The van der Waals surface area contributed by atoms with Crippen molar-refractivity contribution in [2.24, 2.45) is 0 Å². The summed E-state index contributed by atoms with van der Waals surface area (Å²) >= 11 is 1.43. The second-order valence-corrected chi connectivity index (χ2v) is 9.94. The molecule has 1 saturated heterocycles. The largest absolute Gasteiger partial charge is 0.367 e. The van der Waals surface area contributed by atoms with E-state index in [1.54, 1.807) is 31.2 Å². The lowest BCUT2D eigenvalue weighted by Gasteiger charge is -2.35. The summed E-state index contributed by atoms with van der Waals surface area (Å²) in [4.78, 5) is 3.76. The molecule has 1 aliphatic heterocycles. The fourth-order valence-corrected chi connectivity index (χ4v) is 6.85. The van der Waals surface area contributed by atoms with Crippen LogP contribution in [0, 0.1) is 19.7 Å². The highest BCUT2D eigenvalue weighted by molar-refractivity contribution is 7.89. The van der Waals surface area contributed by atoms with Gasteiger partial charge in [-0.2, -0.15) is 4.31 Å². The number of halogens is 1. The predicted molar refractivity (Wildman–Crippen MR) is 107 cm³/mol. The van der Waals surface area contributed by atoms with Gasteiger partial charge >= 0.3 is 0 Å². The predicted octanol–water partition coefficient (Wildman–Crippen LogP) is 3.67. The Balaban J connectivity index is 1.62. The van der Waals surface area contributed by atoms with Crippen LogP contribution < -0.4 is 4.90 Å². The lowest BCUT2D eigenvalue weighted by Crippen LogP contribution is -2.49. The van der Waals surface area contributed by atoms with Gasteiger partial charge < -0.3 is 9.42 Å². The number of benzene rings is 1. The molecule has 0 unspecified atom stereocenters. The van der Waals surface area contributed by atoms with Crippen LogP contribution in [-0.4, -0.2) is 44.1 Å². The quantitative estimate of drug-likeness (QED) is 0.643. The molecular formula is C19H20FN3O3S2. The summed E-state index contributed by atoms with van der Waals surface area (Å²) in [6.07, 6.45) is 1.51. The normalized spacial score (nSPS) is 15.9. The molecule has 0 radical (unpaired) electrons. The van der Waals surface area contributed by atoms with Crippen LogP contribution in [0.1, 0.15) is 9.75 Å². The average molecular weight is 422 g/mol. The van der Waals surface area contributed by atoms with Crippen molar-refractivity contribution in [2.45, 2.75) is 18.7 Å². The van der Waals surface area contributed by atoms with E-state index in [1.807, 2.05) is 11.8 Å². The number of thiophene rings is 1. The highest BCUT2D eigenvalue weighted by atomic mass is 32.2. The van der Waals surface area contributed by atoms with E-state index in [9.17, 15) is 12.8 Å². The van der Waals surface area contributed by atoms with E-state index in [0.29, 0.717) is 43.2 Å². The Bertz CT molecular complexity index is 1090. The molecule has 0 spiro atoms. The van der Waals surface area contributed by atoms with Crippen LogP contribution in [-0.2, 0) is 10.0 Å². The third kappa shape index (κ3) is 3.23. The molecule has 1 aromatic carbocycles. The van der Waals surface area contributed by atoms with Gasteiger partial charge in [-0.3, -0.25) is 0 Å². The van der Waals surface area contributed by atoms with E-state index in [1.165, 1.54) is 27.9 Å². The monoisotopic (exact) mass is 421 g/mol. The van der Waals surface area contributed by atoms with E-state index in [-0.39, 0.29) is 10.7 Å². The summed E-state index contributed by atoms with van der Waals surface area (Å²) < 4.78 is 47.6. The van der Waals surface area contributed by atoms with Crippen LogP contribution in [0.2, 0.25) is 0 Å². The topological polar surface area (TPSA) is 66.7 Å². The van der Waals surface area contributed by atoms with E-state index in [0.717, 1.165) is 9.75 Å². The van der Waals surface area contributed by atoms with Crippen LogP contribution >= 0.6 is 11.3 Å². The van der Waals surface area contributed by atoms with Crippen LogP contribution in [0.5, 0.6) is 0 Å². The summed E-state index contributed by atoms with van der Waals surface area (Å²) in [5.74, 6) is 0.154.